The highest BCUT2D eigenvalue weighted by molar-refractivity contribution is 6.34. The van der Waals surface area contributed by atoms with E-state index in [0.717, 1.165) is 22.5 Å². The van der Waals surface area contributed by atoms with Crippen molar-refractivity contribution in [2.45, 2.75) is 45.1 Å². The maximum absolute atomic E-state index is 6.12. The van der Waals surface area contributed by atoms with Crippen LogP contribution in [-0.2, 0) is 0 Å². The summed E-state index contributed by atoms with van der Waals surface area (Å²) in [5.41, 5.74) is 0. The van der Waals surface area contributed by atoms with Crippen molar-refractivity contribution >= 4 is 28.2 Å². The predicted molar refractivity (Wildman–Crippen MR) is 84.2 cm³/mol. The molecule has 2 unspecified atom stereocenters. The fraction of sp³-hybridized carbons (Fsp3) is 0.500. The van der Waals surface area contributed by atoms with E-state index in [0.29, 0.717) is 11.2 Å². The number of aromatic nitrogens is 2. The third-order valence-electron chi connectivity index (χ3n) is 4.24. The zero-order chi connectivity index (χ0) is 13.9. The minimum atomic E-state index is 0.473. The molecule has 1 aliphatic carbocycles. The van der Waals surface area contributed by atoms with Gasteiger partial charge in [0, 0.05) is 16.8 Å². The van der Waals surface area contributed by atoms with Crippen molar-refractivity contribution in [3.8, 4) is 0 Å². The number of hydrogen-bond donors (Lipinski definition) is 1. The first kappa shape index (κ1) is 13.6. The van der Waals surface area contributed by atoms with Gasteiger partial charge in [0.05, 0.1) is 0 Å². The molecule has 1 heterocycles. The van der Waals surface area contributed by atoms with Crippen LogP contribution in [-0.4, -0.2) is 16.2 Å². The Kier molecular flexibility index (Phi) is 4.06. The summed E-state index contributed by atoms with van der Waals surface area (Å²) in [4.78, 5) is 0. The molecule has 0 spiro atoms. The zero-order valence-corrected chi connectivity index (χ0v) is 12.5. The van der Waals surface area contributed by atoms with Gasteiger partial charge in [-0.3, -0.25) is 0 Å². The summed E-state index contributed by atoms with van der Waals surface area (Å²) in [6.07, 6.45) is 6.34. The summed E-state index contributed by atoms with van der Waals surface area (Å²) in [5.74, 6) is 1.71. The smallest absolute Gasteiger partial charge is 0.159 e. The van der Waals surface area contributed by atoms with Crippen LogP contribution in [0.25, 0.3) is 10.8 Å². The van der Waals surface area contributed by atoms with E-state index < -0.39 is 0 Å². The van der Waals surface area contributed by atoms with Crippen LogP contribution in [0.15, 0.2) is 24.3 Å². The molecule has 0 saturated heterocycles. The summed E-state index contributed by atoms with van der Waals surface area (Å²) in [5, 5.41) is 14.4. The first-order valence-electron chi connectivity index (χ1n) is 7.41. The number of anilines is 1. The van der Waals surface area contributed by atoms with Crippen LogP contribution in [0.2, 0.25) is 5.15 Å². The van der Waals surface area contributed by atoms with Crippen molar-refractivity contribution in [2.75, 3.05) is 5.32 Å². The Labute approximate surface area is 124 Å². The Hall–Kier alpha value is -1.35. The molecule has 3 nitrogen and oxygen atoms in total. The number of hydrogen-bond acceptors (Lipinski definition) is 3. The molecule has 1 aliphatic rings. The lowest BCUT2D eigenvalue weighted by atomic mass is 10.0. The topological polar surface area (TPSA) is 37.8 Å². The zero-order valence-electron chi connectivity index (χ0n) is 11.8. The second-order valence-corrected chi connectivity index (χ2v) is 6.20. The van der Waals surface area contributed by atoms with Crippen LogP contribution in [0.5, 0.6) is 0 Å². The highest BCUT2D eigenvalue weighted by Crippen LogP contribution is 2.29. The lowest BCUT2D eigenvalue weighted by Crippen LogP contribution is -2.19. The molecule has 2 atom stereocenters. The Morgan fingerprint density at radius 1 is 1.05 bits per heavy atom. The summed E-state index contributed by atoms with van der Waals surface area (Å²) in [7, 11) is 0. The molecular formula is C16H20ClN3. The second kappa shape index (κ2) is 5.96. The second-order valence-electron chi connectivity index (χ2n) is 5.84. The molecule has 0 amide bonds. The Morgan fingerprint density at radius 2 is 1.85 bits per heavy atom. The fourth-order valence-electron chi connectivity index (χ4n) is 3.00. The number of halogens is 1. The SMILES string of the molecule is CC1CCCC(Nc2nnc(Cl)c3ccccc23)CC1. The summed E-state index contributed by atoms with van der Waals surface area (Å²) in [6.45, 7) is 2.35. The highest BCUT2D eigenvalue weighted by atomic mass is 35.5. The van der Waals surface area contributed by atoms with Gasteiger partial charge in [0.15, 0.2) is 11.0 Å². The molecule has 1 fully saturated rings. The number of nitrogens with zero attached hydrogens (tertiary/aromatic N) is 2. The number of fused-ring (bicyclic) bond motifs is 1. The molecule has 0 aliphatic heterocycles. The Balaban J connectivity index is 1.85. The van der Waals surface area contributed by atoms with Gasteiger partial charge >= 0.3 is 0 Å². The van der Waals surface area contributed by atoms with E-state index >= 15 is 0 Å². The van der Waals surface area contributed by atoms with Crippen molar-refractivity contribution in [2.24, 2.45) is 5.92 Å². The van der Waals surface area contributed by atoms with Gasteiger partial charge in [-0.05, 0) is 25.2 Å². The maximum Gasteiger partial charge on any atom is 0.159 e. The summed E-state index contributed by atoms with van der Waals surface area (Å²) < 4.78 is 0. The van der Waals surface area contributed by atoms with Crippen LogP contribution < -0.4 is 5.32 Å². The minimum absolute atomic E-state index is 0.473. The first-order chi connectivity index (χ1) is 9.74. The first-order valence-corrected chi connectivity index (χ1v) is 7.79. The average Bonchev–Trinajstić information content (AvgIpc) is 2.67. The standard InChI is InChI=1S/C16H20ClN3/c1-11-5-4-6-12(10-9-11)18-16-14-8-3-2-7-13(14)15(17)19-20-16/h2-3,7-8,11-12H,4-6,9-10H2,1H3,(H,18,20). The quantitative estimate of drug-likeness (QED) is 0.817. The Bertz CT molecular complexity index is 599. The normalized spacial score (nSPS) is 23.5. The molecule has 3 rings (SSSR count). The number of nitrogens with one attached hydrogen (secondary N) is 1. The number of rotatable bonds is 2. The van der Waals surface area contributed by atoms with E-state index in [2.05, 4.69) is 28.5 Å². The van der Waals surface area contributed by atoms with Gasteiger partial charge in [-0.2, -0.15) is 0 Å². The van der Waals surface area contributed by atoms with Gasteiger partial charge in [0.25, 0.3) is 0 Å². The van der Waals surface area contributed by atoms with Crippen LogP contribution >= 0.6 is 11.6 Å². The molecule has 20 heavy (non-hydrogen) atoms. The number of benzene rings is 1. The van der Waals surface area contributed by atoms with Gasteiger partial charge in [-0.25, -0.2) is 0 Å². The molecule has 0 radical (unpaired) electrons. The molecular weight excluding hydrogens is 270 g/mol. The monoisotopic (exact) mass is 289 g/mol. The van der Waals surface area contributed by atoms with E-state index in [4.69, 9.17) is 11.6 Å². The molecule has 2 aromatic rings. The maximum atomic E-state index is 6.12. The molecule has 1 aromatic heterocycles. The van der Waals surface area contributed by atoms with Crippen LogP contribution in [0, 0.1) is 5.92 Å². The lowest BCUT2D eigenvalue weighted by molar-refractivity contribution is 0.502. The van der Waals surface area contributed by atoms with Crippen molar-refractivity contribution in [3.63, 3.8) is 0 Å². The van der Waals surface area contributed by atoms with Crippen molar-refractivity contribution in [1.29, 1.82) is 0 Å². The molecule has 1 saturated carbocycles. The average molecular weight is 290 g/mol. The van der Waals surface area contributed by atoms with Gasteiger partial charge in [0.2, 0.25) is 0 Å². The van der Waals surface area contributed by atoms with E-state index in [1.807, 2.05) is 18.2 Å². The van der Waals surface area contributed by atoms with Gasteiger partial charge in [-0.1, -0.05) is 55.6 Å². The van der Waals surface area contributed by atoms with E-state index in [1.165, 1.54) is 32.1 Å². The third-order valence-corrected chi connectivity index (χ3v) is 4.52. The van der Waals surface area contributed by atoms with Crippen LogP contribution in [0.4, 0.5) is 5.82 Å². The molecule has 106 valence electrons. The van der Waals surface area contributed by atoms with Crippen molar-refractivity contribution < 1.29 is 0 Å². The Morgan fingerprint density at radius 3 is 2.70 bits per heavy atom. The van der Waals surface area contributed by atoms with Crippen molar-refractivity contribution in [1.82, 2.24) is 10.2 Å². The lowest BCUT2D eigenvalue weighted by Gasteiger charge is -2.18. The largest absolute Gasteiger partial charge is 0.365 e. The summed E-state index contributed by atoms with van der Waals surface area (Å²) in [6, 6.07) is 8.54. The van der Waals surface area contributed by atoms with Crippen molar-refractivity contribution in [3.05, 3.63) is 29.4 Å². The fourth-order valence-corrected chi connectivity index (χ4v) is 3.21. The van der Waals surface area contributed by atoms with Crippen LogP contribution in [0.3, 0.4) is 0 Å². The molecule has 4 heteroatoms. The van der Waals surface area contributed by atoms with Gasteiger partial charge in [-0.15, -0.1) is 10.2 Å². The molecule has 1 aromatic carbocycles. The van der Waals surface area contributed by atoms with Gasteiger partial charge in [0.1, 0.15) is 0 Å². The van der Waals surface area contributed by atoms with E-state index in [1.54, 1.807) is 0 Å². The van der Waals surface area contributed by atoms with E-state index in [9.17, 15) is 0 Å². The van der Waals surface area contributed by atoms with Gasteiger partial charge < -0.3 is 5.32 Å². The highest BCUT2D eigenvalue weighted by Gasteiger charge is 2.17. The van der Waals surface area contributed by atoms with E-state index in [-0.39, 0.29) is 0 Å². The third kappa shape index (κ3) is 2.88. The molecule has 1 N–H and O–H groups in total. The summed E-state index contributed by atoms with van der Waals surface area (Å²) >= 11 is 6.12. The van der Waals surface area contributed by atoms with Crippen LogP contribution in [0.1, 0.15) is 39.0 Å². The molecule has 0 bridgehead atoms. The predicted octanol–water partition coefficient (Wildman–Crippen LogP) is 4.66. The minimum Gasteiger partial charge on any atom is -0.365 e.